The van der Waals surface area contributed by atoms with E-state index >= 15 is 0 Å². The average molecular weight is 236 g/mol. The molecule has 3 heterocycles. The lowest BCUT2D eigenvalue weighted by molar-refractivity contribution is -0.378. The van der Waals surface area contributed by atoms with Crippen LogP contribution < -0.4 is 0 Å². The first-order valence-electron chi connectivity index (χ1n) is 4.14. The zero-order valence-corrected chi connectivity index (χ0v) is 8.97. The van der Waals surface area contributed by atoms with Crippen LogP contribution in [0.25, 0.3) is 21.7 Å². The molecule has 0 saturated heterocycles. The van der Waals surface area contributed by atoms with E-state index in [9.17, 15) is 10.1 Å². The quantitative estimate of drug-likeness (QED) is 0.480. The molecule has 0 radical (unpaired) electrons. The number of aromatic nitrogens is 1. The third kappa shape index (κ3) is 1.15. The lowest BCUT2D eigenvalue weighted by Crippen LogP contribution is -1.84. The summed E-state index contributed by atoms with van der Waals surface area (Å²) in [6.07, 6.45) is 1.69. The Labute approximate surface area is 91.9 Å². The second kappa shape index (κ2) is 2.98. The Balaban J connectivity index is 2.57. The van der Waals surface area contributed by atoms with Crippen molar-refractivity contribution in [3.63, 3.8) is 0 Å². The maximum atomic E-state index is 10.8. The fourth-order valence-corrected chi connectivity index (χ4v) is 3.19. The van der Waals surface area contributed by atoms with E-state index in [4.69, 9.17) is 0 Å². The monoisotopic (exact) mass is 236 g/mol. The summed E-state index contributed by atoms with van der Waals surface area (Å²) in [6, 6.07) is 0. The van der Waals surface area contributed by atoms with Crippen molar-refractivity contribution in [1.29, 1.82) is 0 Å². The molecule has 74 valence electrons. The zero-order chi connectivity index (χ0) is 10.4. The highest BCUT2D eigenvalue weighted by molar-refractivity contribution is 7.15. The van der Waals surface area contributed by atoms with Crippen molar-refractivity contribution >= 4 is 49.4 Å². The highest BCUT2D eigenvalue weighted by Crippen LogP contribution is 2.37. The second-order valence-electron chi connectivity index (χ2n) is 3.06. The highest BCUT2D eigenvalue weighted by atomic mass is 32.1. The first-order chi connectivity index (χ1) is 7.27. The molecule has 0 saturated carbocycles. The van der Waals surface area contributed by atoms with Gasteiger partial charge in [0.25, 0.3) is 0 Å². The molecule has 3 rings (SSSR count). The number of rotatable bonds is 1. The smallest absolute Gasteiger partial charge is 0.258 e. The van der Waals surface area contributed by atoms with Crippen molar-refractivity contribution in [2.75, 3.05) is 0 Å². The summed E-state index contributed by atoms with van der Waals surface area (Å²) in [5.74, 6) is 0. The van der Waals surface area contributed by atoms with Crippen LogP contribution in [0.3, 0.4) is 0 Å². The van der Waals surface area contributed by atoms with E-state index in [0.29, 0.717) is 0 Å². The van der Waals surface area contributed by atoms with Crippen molar-refractivity contribution in [1.82, 2.24) is 4.98 Å². The maximum Gasteiger partial charge on any atom is 0.332 e. The molecule has 0 fully saturated rings. The molecule has 0 spiro atoms. The summed E-state index contributed by atoms with van der Waals surface area (Å²) >= 11 is 2.67. The van der Waals surface area contributed by atoms with Gasteiger partial charge < -0.3 is 0 Å². The normalized spacial score (nSPS) is 11.2. The summed E-state index contributed by atoms with van der Waals surface area (Å²) in [4.78, 5) is 14.7. The van der Waals surface area contributed by atoms with Gasteiger partial charge in [-0.3, -0.25) is 15.1 Å². The molecule has 0 aromatic carbocycles. The van der Waals surface area contributed by atoms with Crippen LogP contribution >= 0.6 is 22.7 Å². The summed E-state index contributed by atoms with van der Waals surface area (Å²) in [6.45, 7) is 0. The third-order valence-electron chi connectivity index (χ3n) is 2.22. The van der Waals surface area contributed by atoms with Crippen LogP contribution in [-0.4, -0.2) is 9.91 Å². The Kier molecular flexibility index (Phi) is 1.74. The molecule has 0 unspecified atom stereocenters. The van der Waals surface area contributed by atoms with Gasteiger partial charge in [0.05, 0.1) is 15.8 Å². The van der Waals surface area contributed by atoms with Gasteiger partial charge in [-0.05, 0) is 0 Å². The molecular formula is C9H4N2O2S2. The van der Waals surface area contributed by atoms with E-state index in [-0.39, 0.29) is 9.92 Å². The predicted molar refractivity (Wildman–Crippen MR) is 61.7 cm³/mol. The molecule has 0 aliphatic heterocycles. The number of thiophene rings is 2. The molecule has 0 bridgehead atoms. The van der Waals surface area contributed by atoms with Gasteiger partial charge in [0.1, 0.15) is 0 Å². The Morgan fingerprint density at radius 1 is 1.33 bits per heavy atom. The fourth-order valence-electron chi connectivity index (χ4n) is 1.58. The minimum Gasteiger partial charge on any atom is -0.258 e. The van der Waals surface area contributed by atoms with Crippen LogP contribution in [0.4, 0.5) is 5.00 Å². The summed E-state index contributed by atoms with van der Waals surface area (Å²) in [5, 5.41) is 19.1. The summed E-state index contributed by atoms with van der Waals surface area (Å²) < 4.78 is 0. The maximum absolute atomic E-state index is 10.8. The standard InChI is InChI=1S/C9H4N2O2S2/c12-11(13)9-8-5(2-15-9)1-10-7-4-14-3-6(7)8/h1-4H. The fraction of sp³-hybridized carbons (Fsp3) is 0. The molecule has 0 aliphatic carbocycles. The first-order valence-corrected chi connectivity index (χ1v) is 5.96. The van der Waals surface area contributed by atoms with Gasteiger partial charge in [0, 0.05) is 33.1 Å². The van der Waals surface area contributed by atoms with E-state index in [1.807, 2.05) is 10.8 Å². The Bertz CT molecular complexity index is 671. The van der Waals surface area contributed by atoms with Gasteiger partial charge in [0.15, 0.2) is 0 Å². The lowest BCUT2D eigenvalue weighted by Gasteiger charge is -1.92. The molecule has 6 heteroatoms. The van der Waals surface area contributed by atoms with E-state index in [2.05, 4.69) is 4.98 Å². The van der Waals surface area contributed by atoms with E-state index < -0.39 is 0 Å². The highest BCUT2D eigenvalue weighted by Gasteiger charge is 2.17. The molecule has 0 amide bonds. The molecule has 0 aliphatic rings. The van der Waals surface area contributed by atoms with Crippen molar-refractivity contribution in [3.05, 3.63) is 32.5 Å². The van der Waals surface area contributed by atoms with Crippen LogP contribution in [0.1, 0.15) is 0 Å². The average Bonchev–Trinajstić information content (AvgIpc) is 2.82. The van der Waals surface area contributed by atoms with Gasteiger partial charge in [-0.15, -0.1) is 11.3 Å². The first kappa shape index (κ1) is 8.75. The van der Waals surface area contributed by atoms with Gasteiger partial charge in [-0.1, -0.05) is 11.3 Å². The van der Waals surface area contributed by atoms with Gasteiger partial charge in [0.2, 0.25) is 0 Å². The molecule has 0 atom stereocenters. The topological polar surface area (TPSA) is 56.0 Å². The minimum absolute atomic E-state index is 0.204. The molecule has 3 aromatic rings. The second-order valence-corrected chi connectivity index (χ2v) is 4.66. The number of nitro groups is 1. The van der Waals surface area contributed by atoms with Gasteiger partial charge in [-0.25, -0.2) is 0 Å². The number of hydrogen-bond donors (Lipinski definition) is 0. The number of hydrogen-bond acceptors (Lipinski definition) is 5. The van der Waals surface area contributed by atoms with Crippen LogP contribution in [0.2, 0.25) is 0 Å². The van der Waals surface area contributed by atoms with Crippen LogP contribution in [0.5, 0.6) is 0 Å². The molecule has 0 N–H and O–H groups in total. The number of fused-ring (bicyclic) bond motifs is 3. The lowest BCUT2D eigenvalue weighted by atomic mass is 10.2. The van der Waals surface area contributed by atoms with E-state index in [1.165, 1.54) is 11.3 Å². The molecular weight excluding hydrogens is 232 g/mol. The molecule has 3 aromatic heterocycles. The van der Waals surface area contributed by atoms with Crippen molar-refractivity contribution in [3.8, 4) is 0 Å². The van der Waals surface area contributed by atoms with Crippen LogP contribution in [0, 0.1) is 10.1 Å². The van der Waals surface area contributed by atoms with Crippen LogP contribution in [-0.2, 0) is 0 Å². The predicted octanol–water partition coefficient (Wildman–Crippen LogP) is 3.42. The van der Waals surface area contributed by atoms with Gasteiger partial charge >= 0.3 is 5.00 Å². The zero-order valence-electron chi connectivity index (χ0n) is 7.34. The molecule has 15 heavy (non-hydrogen) atoms. The molecule has 4 nitrogen and oxygen atoms in total. The summed E-state index contributed by atoms with van der Waals surface area (Å²) in [7, 11) is 0. The number of pyridine rings is 1. The Morgan fingerprint density at radius 3 is 3.00 bits per heavy atom. The largest absolute Gasteiger partial charge is 0.332 e. The van der Waals surface area contributed by atoms with Crippen molar-refractivity contribution in [2.45, 2.75) is 0 Å². The Morgan fingerprint density at radius 2 is 2.20 bits per heavy atom. The third-order valence-corrected chi connectivity index (χ3v) is 3.90. The minimum atomic E-state index is -0.329. The Hall–Kier alpha value is -1.53. The number of nitrogens with zero attached hydrogens (tertiary/aromatic N) is 2. The van der Waals surface area contributed by atoms with E-state index in [1.54, 1.807) is 11.6 Å². The SMILES string of the molecule is O=[N+]([O-])c1scc2cnc3cscc3c12. The van der Waals surface area contributed by atoms with Gasteiger partial charge in [-0.2, -0.15) is 0 Å². The van der Waals surface area contributed by atoms with Crippen LogP contribution in [0.15, 0.2) is 22.3 Å². The van der Waals surface area contributed by atoms with E-state index in [0.717, 1.165) is 33.0 Å². The summed E-state index contributed by atoms with van der Waals surface area (Å²) in [5.41, 5.74) is 0.828. The van der Waals surface area contributed by atoms with Crippen molar-refractivity contribution in [2.24, 2.45) is 0 Å². The van der Waals surface area contributed by atoms with Crippen molar-refractivity contribution < 1.29 is 4.92 Å².